The molecule has 8 heteroatoms. The molecule has 0 aliphatic heterocycles. The predicted octanol–water partition coefficient (Wildman–Crippen LogP) is 2.86. The van der Waals surface area contributed by atoms with Crippen molar-refractivity contribution in [3.05, 3.63) is 47.9 Å². The smallest absolute Gasteiger partial charge is 0.421 e. The van der Waals surface area contributed by atoms with E-state index in [1.165, 1.54) is 24.5 Å². The molecule has 0 unspecified atom stereocenters. The molecular formula is C14H11F3N4O. The number of nitrogens with one attached hydrogen (secondary N) is 1. The van der Waals surface area contributed by atoms with Crippen LogP contribution in [0.25, 0.3) is 0 Å². The maximum absolute atomic E-state index is 12.7. The monoisotopic (exact) mass is 308 g/mol. The van der Waals surface area contributed by atoms with E-state index in [4.69, 9.17) is 10.00 Å². The van der Waals surface area contributed by atoms with Crippen LogP contribution >= 0.6 is 0 Å². The lowest BCUT2D eigenvalue weighted by Gasteiger charge is -2.12. The van der Waals surface area contributed by atoms with Crippen LogP contribution in [0.1, 0.15) is 11.3 Å². The summed E-state index contributed by atoms with van der Waals surface area (Å²) >= 11 is 0. The highest BCUT2D eigenvalue weighted by Crippen LogP contribution is 2.34. The zero-order valence-corrected chi connectivity index (χ0v) is 11.3. The van der Waals surface area contributed by atoms with Gasteiger partial charge in [-0.1, -0.05) is 0 Å². The first-order valence-corrected chi connectivity index (χ1v) is 6.26. The first-order chi connectivity index (χ1) is 10.5. The van der Waals surface area contributed by atoms with Gasteiger partial charge in [0.1, 0.15) is 23.9 Å². The van der Waals surface area contributed by atoms with Gasteiger partial charge >= 0.3 is 6.18 Å². The molecule has 0 bridgehead atoms. The standard InChI is InChI=1S/C14H11F3N4O/c15-14(16,17)12-2-1-5-20-13(12)22-7-6-19-11-4-3-10(8-18)21-9-11/h1-5,9,19H,6-7H2. The molecule has 0 aliphatic carbocycles. The van der Waals surface area contributed by atoms with E-state index in [9.17, 15) is 13.2 Å². The van der Waals surface area contributed by atoms with E-state index < -0.39 is 17.6 Å². The van der Waals surface area contributed by atoms with Gasteiger partial charge in [0.15, 0.2) is 0 Å². The number of pyridine rings is 2. The van der Waals surface area contributed by atoms with Crippen LogP contribution in [0.15, 0.2) is 36.7 Å². The quantitative estimate of drug-likeness (QED) is 0.860. The fourth-order valence-electron chi connectivity index (χ4n) is 1.63. The Morgan fingerprint density at radius 3 is 2.68 bits per heavy atom. The summed E-state index contributed by atoms with van der Waals surface area (Å²) in [7, 11) is 0. The van der Waals surface area contributed by atoms with E-state index in [0.717, 1.165) is 6.07 Å². The van der Waals surface area contributed by atoms with Crippen LogP contribution in [0.3, 0.4) is 0 Å². The Morgan fingerprint density at radius 2 is 2.05 bits per heavy atom. The average molecular weight is 308 g/mol. The number of nitriles is 1. The van der Waals surface area contributed by atoms with Crippen molar-refractivity contribution >= 4 is 5.69 Å². The Bertz CT molecular complexity index is 665. The maximum Gasteiger partial charge on any atom is 0.421 e. The van der Waals surface area contributed by atoms with Crippen LogP contribution in [-0.2, 0) is 6.18 Å². The predicted molar refractivity (Wildman–Crippen MR) is 72.2 cm³/mol. The topological polar surface area (TPSA) is 70.8 Å². The first kappa shape index (κ1) is 15.6. The lowest BCUT2D eigenvalue weighted by Crippen LogP contribution is -2.15. The van der Waals surface area contributed by atoms with Gasteiger partial charge in [0.25, 0.3) is 0 Å². The Morgan fingerprint density at radius 1 is 1.23 bits per heavy atom. The first-order valence-electron chi connectivity index (χ1n) is 6.26. The van der Waals surface area contributed by atoms with Crippen molar-refractivity contribution in [2.24, 2.45) is 0 Å². The molecule has 114 valence electrons. The van der Waals surface area contributed by atoms with E-state index >= 15 is 0 Å². The number of nitrogens with zero attached hydrogens (tertiary/aromatic N) is 3. The Labute approximate surface area is 124 Å². The fourth-order valence-corrected chi connectivity index (χ4v) is 1.63. The van der Waals surface area contributed by atoms with Gasteiger partial charge in [-0.25, -0.2) is 9.97 Å². The van der Waals surface area contributed by atoms with Gasteiger partial charge in [-0.2, -0.15) is 18.4 Å². The van der Waals surface area contributed by atoms with Gasteiger partial charge in [0, 0.05) is 12.7 Å². The lowest BCUT2D eigenvalue weighted by atomic mass is 10.2. The molecule has 0 fully saturated rings. The summed E-state index contributed by atoms with van der Waals surface area (Å²) in [5.74, 6) is -0.449. The molecule has 2 rings (SSSR count). The maximum atomic E-state index is 12.7. The van der Waals surface area contributed by atoms with Crippen LogP contribution in [0.4, 0.5) is 18.9 Å². The minimum atomic E-state index is -4.51. The van der Waals surface area contributed by atoms with E-state index in [-0.39, 0.29) is 18.8 Å². The number of hydrogen-bond donors (Lipinski definition) is 1. The summed E-state index contributed by atoms with van der Waals surface area (Å²) in [5, 5.41) is 11.5. The Balaban J connectivity index is 1.88. The highest BCUT2D eigenvalue weighted by atomic mass is 19.4. The number of ether oxygens (including phenoxy) is 1. The van der Waals surface area contributed by atoms with E-state index in [1.807, 2.05) is 6.07 Å². The zero-order chi connectivity index (χ0) is 16.0. The van der Waals surface area contributed by atoms with Gasteiger partial charge in [0.2, 0.25) is 5.88 Å². The van der Waals surface area contributed by atoms with Crippen molar-refractivity contribution in [3.8, 4) is 11.9 Å². The molecule has 0 saturated heterocycles. The van der Waals surface area contributed by atoms with Gasteiger partial charge in [0.05, 0.1) is 11.9 Å². The summed E-state index contributed by atoms with van der Waals surface area (Å²) in [6.45, 7) is 0.265. The number of hydrogen-bond acceptors (Lipinski definition) is 5. The van der Waals surface area contributed by atoms with Gasteiger partial charge in [-0.15, -0.1) is 0 Å². The second-order valence-corrected chi connectivity index (χ2v) is 4.17. The molecule has 2 aromatic heterocycles. The molecule has 5 nitrogen and oxygen atoms in total. The van der Waals surface area contributed by atoms with Gasteiger partial charge in [-0.3, -0.25) is 0 Å². The summed E-state index contributed by atoms with van der Waals surface area (Å²) in [6.07, 6.45) is -1.81. The third-order valence-corrected chi connectivity index (χ3v) is 2.62. The van der Waals surface area contributed by atoms with Crippen LogP contribution in [0.2, 0.25) is 0 Å². The molecule has 2 heterocycles. The molecule has 2 aromatic rings. The van der Waals surface area contributed by atoms with Crippen molar-refractivity contribution in [2.45, 2.75) is 6.18 Å². The molecule has 1 N–H and O–H groups in total. The van der Waals surface area contributed by atoms with Crippen molar-refractivity contribution in [1.29, 1.82) is 5.26 Å². The highest BCUT2D eigenvalue weighted by Gasteiger charge is 2.34. The van der Waals surface area contributed by atoms with Crippen LogP contribution < -0.4 is 10.1 Å². The molecular weight excluding hydrogens is 297 g/mol. The summed E-state index contributed by atoms with van der Waals surface area (Å²) in [5.41, 5.74) is 0.0137. The van der Waals surface area contributed by atoms with Crippen molar-refractivity contribution < 1.29 is 17.9 Å². The van der Waals surface area contributed by atoms with Crippen LogP contribution in [0, 0.1) is 11.3 Å². The highest BCUT2D eigenvalue weighted by molar-refractivity contribution is 5.42. The molecule has 0 amide bonds. The number of aromatic nitrogens is 2. The minimum absolute atomic E-state index is 0.0000940. The van der Waals surface area contributed by atoms with Crippen molar-refractivity contribution in [1.82, 2.24) is 9.97 Å². The van der Waals surface area contributed by atoms with E-state index in [0.29, 0.717) is 5.69 Å². The normalized spacial score (nSPS) is 10.8. The molecule has 0 radical (unpaired) electrons. The number of anilines is 1. The fraction of sp³-hybridized carbons (Fsp3) is 0.214. The third-order valence-electron chi connectivity index (χ3n) is 2.62. The molecule has 22 heavy (non-hydrogen) atoms. The molecule has 0 atom stereocenters. The molecule has 0 aliphatic rings. The van der Waals surface area contributed by atoms with Gasteiger partial charge in [-0.05, 0) is 24.3 Å². The van der Waals surface area contributed by atoms with Gasteiger partial charge < -0.3 is 10.1 Å². The molecule has 0 aromatic carbocycles. The summed E-state index contributed by atoms with van der Waals surface area (Å²) in [4.78, 5) is 7.45. The molecule has 0 spiro atoms. The summed E-state index contributed by atoms with van der Waals surface area (Å²) < 4.78 is 43.2. The summed E-state index contributed by atoms with van der Waals surface area (Å²) in [6, 6.07) is 7.18. The SMILES string of the molecule is N#Cc1ccc(NCCOc2ncccc2C(F)(F)F)cn1. The number of alkyl halides is 3. The zero-order valence-electron chi connectivity index (χ0n) is 11.3. The average Bonchev–Trinajstić information content (AvgIpc) is 2.51. The molecule has 0 saturated carbocycles. The second-order valence-electron chi connectivity index (χ2n) is 4.17. The lowest BCUT2D eigenvalue weighted by molar-refractivity contribution is -0.139. The number of rotatable bonds is 5. The Kier molecular flexibility index (Phi) is 4.78. The number of halogens is 3. The van der Waals surface area contributed by atoms with Crippen molar-refractivity contribution in [3.63, 3.8) is 0 Å². The largest absolute Gasteiger partial charge is 0.475 e. The minimum Gasteiger partial charge on any atom is -0.475 e. The van der Waals surface area contributed by atoms with Crippen LogP contribution in [0.5, 0.6) is 5.88 Å². The van der Waals surface area contributed by atoms with E-state index in [1.54, 1.807) is 6.07 Å². The van der Waals surface area contributed by atoms with Crippen LogP contribution in [-0.4, -0.2) is 23.1 Å². The second kappa shape index (κ2) is 6.76. The van der Waals surface area contributed by atoms with Crippen molar-refractivity contribution in [2.75, 3.05) is 18.5 Å². The Hall–Kier alpha value is -2.82. The van der Waals surface area contributed by atoms with E-state index in [2.05, 4.69) is 15.3 Å². The third kappa shape index (κ3) is 4.09.